The van der Waals surface area contributed by atoms with Crippen LogP contribution in [-0.2, 0) is 6.54 Å². The van der Waals surface area contributed by atoms with Crippen LogP contribution in [0.2, 0.25) is 0 Å². The van der Waals surface area contributed by atoms with Gasteiger partial charge < -0.3 is 9.15 Å². The van der Waals surface area contributed by atoms with Crippen LogP contribution in [0.3, 0.4) is 0 Å². The SMILES string of the molecule is CC(c1nnc(-c2ccccc2)o1)N(C)Cc1cccc(OC(F)F)c1. The highest BCUT2D eigenvalue weighted by Gasteiger charge is 2.19. The highest BCUT2D eigenvalue weighted by Crippen LogP contribution is 2.25. The van der Waals surface area contributed by atoms with Crippen LogP contribution in [0.15, 0.2) is 59.0 Å². The summed E-state index contributed by atoms with van der Waals surface area (Å²) in [5.41, 5.74) is 1.71. The maximum atomic E-state index is 12.3. The smallest absolute Gasteiger partial charge is 0.387 e. The second kappa shape index (κ2) is 8.05. The third-order valence-electron chi connectivity index (χ3n) is 4.04. The Bertz CT molecular complexity index is 840. The minimum atomic E-state index is -2.84. The molecular formula is C19H19F2N3O2. The molecule has 1 aromatic heterocycles. The molecule has 0 aliphatic rings. The number of halogens is 2. The van der Waals surface area contributed by atoms with Crippen LogP contribution >= 0.6 is 0 Å². The summed E-state index contributed by atoms with van der Waals surface area (Å²) in [6.07, 6.45) is 0. The van der Waals surface area contributed by atoms with E-state index in [-0.39, 0.29) is 11.8 Å². The van der Waals surface area contributed by atoms with Gasteiger partial charge in [-0.3, -0.25) is 4.90 Å². The Morgan fingerprint density at radius 3 is 2.58 bits per heavy atom. The number of rotatable bonds is 7. The molecule has 0 N–H and O–H groups in total. The molecule has 0 spiro atoms. The minimum absolute atomic E-state index is 0.139. The van der Waals surface area contributed by atoms with E-state index in [9.17, 15) is 8.78 Å². The maximum Gasteiger partial charge on any atom is 0.387 e. The molecule has 1 atom stereocenters. The predicted octanol–water partition coefficient (Wildman–Crippen LogP) is 4.53. The Labute approximate surface area is 150 Å². The predicted molar refractivity (Wildman–Crippen MR) is 92.7 cm³/mol. The highest BCUT2D eigenvalue weighted by atomic mass is 19.3. The van der Waals surface area contributed by atoms with E-state index in [1.54, 1.807) is 12.1 Å². The third kappa shape index (κ3) is 4.43. The molecule has 0 fully saturated rings. The quantitative estimate of drug-likeness (QED) is 0.620. The number of ether oxygens (including phenoxy) is 1. The summed E-state index contributed by atoms with van der Waals surface area (Å²) in [6.45, 7) is -0.372. The zero-order valence-electron chi connectivity index (χ0n) is 14.5. The van der Waals surface area contributed by atoms with Gasteiger partial charge in [0.05, 0.1) is 6.04 Å². The van der Waals surface area contributed by atoms with Crippen molar-refractivity contribution < 1.29 is 17.9 Å². The summed E-state index contributed by atoms with van der Waals surface area (Å²) in [5, 5.41) is 8.23. The number of hydrogen-bond donors (Lipinski definition) is 0. The largest absolute Gasteiger partial charge is 0.435 e. The molecule has 0 saturated heterocycles. The van der Waals surface area contributed by atoms with Crippen molar-refractivity contribution in [2.75, 3.05) is 7.05 Å². The van der Waals surface area contributed by atoms with E-state index in [0.717, 1.165) is 11.1 Å². The summed E-state index contributed by atoms with van der Waals surface area (Å²) < 4.78 is 34.9. The highest BCUT2D eigenvalue weighted by molar-refractivity contribution is 5.51. The molecule has 5 nitrogen and oxygen atoms in total. The van der Waals surface area contributed by atoms with Crippen LogP contribution in [-0.4, -0.2) is 28.8 Å². The van der Waals surface area contributed by atoms with Gasteiger partial charge in [0.2, 0.25) is 11.8 Å². The van der Waals surface area contributed by atoms with Gasteiger partial charge in [0, 0.05) is 12.1 Å². The Kier molecular flexibility index (Phi) is 5.58. The normalized spacial score (nSPS) is 12.5. The van der Waals surface area contributed by atoms with Crippen molar-refractivity contribution in [3.8, 4) is 17.2 Å². The molecule has 1 unspecified atom stereocenters. The summed E-state index contributed by atoms with van der Waals surface area (Å²) in [4.78, 5) is 1.99. The van der Waals surface area contributed by atoms with Crippen molar-refractivity contribution in [3.63, 3.8) is 0 Å². The van der Waals surface area contributed by atoms with E-state index in [1.807, 2.05) is 55.3 Å². The van der Waals surface area contributed by atoms with Gasteiger partial charge in [0.25, 0.3) is 0 Å². The van der Waals surface area contributed by atoms with Crippen molar-refractivity contribution in [2.45, 2.75) is 26.1 Å². The average molecular weight is 359 g/mol. The first-order chi connectivity index (χ1) is 12.5. The molecule has 136 valence electrons. The molecule has 0 radical (unpaired) electrons. The molecule has 2 aromatic carbocycles. The topological polar surface area (TPSA) is 51.4 Å². The third-order valence-corrected chi connectivity index (χ3v) is 4.04. The van der Waals surface area contributed by atoms with Crippen LogP contribution in [0, 0.1) is 0 Å². The fraction of sp³-hybridized carbons (Fsp3) is 0.263. The summed E-state index contributed by atoms with van der Waals surface area (Å²) in [7, 11) is 1.90. The molecule has 0 aliphatic carbocycles. The molecule has 1 heterocycles. The fourth-order valence-corrected chi connectivity index (χ4v) is 2.53. The molecule has 0 saturated carbocycles. The van der Waals surface area contributed by atoms with Gasteiger partial charge in [-0.15, -0.1) is 10.2 Å². The first kappa shape index (κ1) is 18.0. The second-order valence-corrected chi connectivity index (χ2v) is 5.93. The minimum Gasteiger partial charge on any atom is -0.435 e. The van der Waals surface area contributed by atoms with Crippen LogP contribution < -0.4 is 4.74 Å². The molecule has 0 bridgehead atoms. The Hall–Kier alpha value is -2.80. The van der Waals surface area contributed by atoms with Gasteiger partial charge in [-0.25, -0.2) is 0 Å². The zero-order chi connectivity index (χ0) is 18.5. The lowest BCUT2D eigenvalue weighted by Gasteiger charge is -2.22. The van der Waals surface area contributed by atoms with Gasteiger partial charge >= 0.3 is 6.61 Å². The van der Waals surface area contributed by atoms with Crippen LogP contribution in [0.25, 0.3) is 11.5 Å². The monoisotopic (exact) mass is 359 g/mol. The lowest BCUT2D eigenvalue weighted by Crippen LogP contribution is -2.22. The van der Waals surface area contributed by atoms with E-state index >= 15 is 0 Å². The van der Waals surface area contributed by atoms with E-state index < -0.39 is 6.61 Å². The van der Waals surface area contributed by atoms with Gasteiger partial charge in [-0.2, -0.15) is 8.78 Å². The van der Waals surface area contributed by atoms with Crippen LogP contribution in [0.1, 0.15) is 24.4 Å². The maximum absolute atomic E-state index is 12.3. The summed E-state index contributed by atoms with van der Waals surface area (Å²) in [6, 6.07) is 16.0. The lowest BCUT2D eigenvalue weighted by molar-refractivity contribution is -0.0499. The fourth-order valence-electron chi connectivity index (χ4n) is 2.53. The number of alkyl halides is 2. The molecular weight excluding hydrogens is 340 g/mol. The Balaban J connectivity index is 1.68. The van der Waals surface area contributed by atoms with Crippen molar-refractivity contribution in [1.82, 2.24) is 15.1 Å². The van der Waals surface area contributed by atoms with Gasteiger partial charge in [-0.1, -0.05) is 30.3 Å². The van der Waals surface area contributed by atoms with Crippen LogP contribution in [0.4, 0.5) is 8.78 Å². The standard InChI is InChI=1S/C19H19F2N3O2/c1-13(17-22-23-18(26-17)15-8-4-3-5-9-15)24(2)12-14-7-6-10-16(11-14)25-19(20)21/h3-11,13,19H,12H2,1-2H3. The first-order valence-electron chi connectivity index (χ1n) is 8.15. The Morgan fingerprint density at radius 1 is 1.08 bits per heavy atom. The average Bonchev–Trinajstić information content (AvgIpc) is 3.11. The summed E-state index contributed by atoms with van der Waals surface area (Å²) in [5.74, 6) is 1.10. The second-order valence-electron chi connectivity index (χ2n) is 5.93. The molecule has 3 rings (SSSR count). The lowest BCUT2D eigenvalue weighted by atomic mass is 10.2. The number of nitrogens with zero attached hydrogens (tertiary/aromatic N) is 3. The molecule has 0 amide bonds. The van der Waals surface area contributed by atoms with Gasteiger partial charge in [0.1, 0.15) is 5.75 Å². The van der Waals surface area contributed by atoms with Crippen LogP contribution in [0.5, 0.6) is 5.75 Å². The van der Waals surface area contributed by atoms with E-state index in [1.165, 1.54) is 6.07 Å². The first-order valence-corrected chi connectivity index (χ1v) is 8.15. The van der Waals surface area contributed by atoms with Gasteiger partial charge in [0.15, 0.2) is 0 Å². The number of aromatic nitrogens is 2. The Morgan fingerprint density at radius 2 is 1.85 bits per heavy atom. The van der Waals surface area contributed by atoms with E-state index in [4.69, 9.17) is 4.42 Å². The van der Waals surface area contributed by atoms with Gasteiger partial charge in [-0.05, 0) is 43.8 Å². The van der Waals surface area contributed by atoms with E-state index in [2.05, 4.69) is 14.9 Å². The number of benzene rings is 2. The molecule has 3 aromatic rings. The molecule has 7 heteroatoms. The number of hydrogen-bond acceptors (Lipinski definition) is 5. The molecule has 0 aliphatic heterocycles. The summed E-state index contributed by atoms with van der Waals surface area (Å²) >= 11 is 0. The van der Waals surface area contributed by atoms with Crippen molar-refractivity contribution in [1.29, 1.82) is 0 Å². The van der Waals surface area contributed by atoms with Crippen molar-refractivity contribution in [2.24, 2.45) is 0 Å². The van der Waals surface area contributed by atoms with E-state index in [0.29, 0.717) is 18.3 Å². The molecule has 26 heavy (non-hydrogen) atoms. The van der Waals surface area contributed by atoms with Crippen molar-refractivity contribution >= 4 is 0 Å². The zero-order valence-corrected chi connectivity index (χ0v) is 14.5. The van der Waals surface area contributed by atoms with Crippen molar-refractivity contribution in [3.05, 3.63) is 66.1 Å².